The third-order valence-electron chi connectivity index (χ3n) is 4.75. The Morgan fingerprint density at radius 2 is 2.04 bits per heavy atom. The lowest BCUT2D eigenvalue weighted by atomic mass is 9.96. The number of rotatable bonds is 4. The third kappa shape index (κ3) is 3.23. The molecule has 0 spiro atoms. The van der Waals surface area contributed by atoms with Gasteiger partial charge in [-0.2, -0.15) is 0 Å². The lowest BCUT2D eigenvalue weighted by Crippen LogP contribution is -2.36. The summed E-state index contributed by atoms with van der Waals surface area (Å²) < 4.78 is 3.79. The minimum atomic E-state index is 0.0390. The van der Waals surface area contributed by atoms with Crippen molar-refractivity contribution in [3.63, 3.8) is 0 Å². The van der Waals surface area contributed by atoms with Crippen LogP contribution in [-0.2, 0) is 13.1 Å². The maximum atomic E-state index is 11.8. The van der Waals surface area contributed by atoms with E-state index in [0.29, 0.717) is 5.92 Å². The minimum absolute atomic E-state index is 0.0390. The van der Waals surface area contributed by atoms with Crippen molar-refractivity contribution < 1.29 is 0 Å². The van der Waals surface area contributed by atoms with Crippen molar-refractivity contribution >= 4 is 5.65 Å². The van der Waals surface area contributed by atoms with Crippen LogP contribution in [0.3, 0.4) is 0 Å². The molecule has 1 saturated heterocycles. The number of aromatic nitrogens is 4. The van der Waals surface area contributed by atoms with E-state index < -0.39 is 0 Å². The molecule has 1 fully saturated rings. The zero-order valence-corrected chi connectivity index (χ0v) is 13.6. The molecular weight excluding hydrogens is 302 g/mol. The second kappa shape index (κ2) is 6.57. The molecule has 1 aliphatic rings. The summed E-state index contributed by atoms with van der Waals surface area (Å²) in [5, 5.41) is 0. The normalized spacial score (nSPS) is 16.7. The Morgan fingerprint density at radius 3 is 2.83 bits per heavy atom. The van der Waals surface area contributed by atoms with Gasteiger partial charge in [-0.25, -0.2) is 9.97 Å². The van der Waals surface area contributed by atoms with Crippen LogP contribution in [0.25, 0.3) is 5.65 Å². The predicted molar refractivity (Wildman–Crippen MR) is 91.7 cm³/mol. The van der Waals surface area contributed by atoms with Crippen molar-refractivity contribution in [3.05, 3.63) is 65.2 Å². The third-order valence-corrected chi connectivity index (χ3v) is 4.75. The van der Waals surface area contributed by atoms with Gasteiger partial charge in [0.1, 0.15) is 5.65 Å². The van der Waals surface area contributed by atoms with E-state index in [-0.39, 0.29) is 5.56 Å². The van der Waals surface area contributed by atoms with Crippen LogP contribution in [0.15, 0.2) is 54.0 Å². The SMILES string of the molecule is O=c1ccncn1CC1CCN(Cc2cn3ccccc3n2)CC1. The summed E-state index contributed by atoms with van der Waals surface area (Å²) in [6.45, 7) is 3.76. The average molecular weight is 323 g/mol. The number of hydrogen-bond acceptors (Lipinski definition) is 4. The Bertz CT molecular complexity index is 843. The van der Waals surface area contributed by atoms with Gasteiger partial charge < -0.3 is 4.40 Å². The first kappa shape index (κ1) is 15.1. The quantitative estimate of drug-likeness (QED) is 0.735. The van der Waals surface area contributed by atoms with Gasteiger partial charge in [0.05, 0.1) is 12.0 Å². The molecule has 6 nitrogen and oxygen atoms in total. The molecule has 3 aromatic heterocycles. The molecule has 1 aliphatic heterocycles. The molecule has 0 aromatic carbocycles. The highest BCUT2D eigenvalue weighted by molar-refractivity contribution is 5.39. The largest absolute Gasteiger partial charge is 0.307 e. The van der Waals surface area contributed by atoms with Crippen LogP contribution < -0.4 is 5.56 Å². The zero-order chi connectivity index (χ0) is 16.4. The number of pyridine rings is 1. The number of hydrogen-bond donors (Lipinski definition) is 0. The van der Waals surface area contributed by atoms with E-state index >= 15 is 0 Å². The van der Waals surface area contributed by atoms with Crippen LogP contribution in [0, 0.1) is 5.92 Å². The highest BCUT2D eigenvalue weighted by Gasteiger charge is 2.20. The van der Waals surface area contributed by atoms with Crippen molar-refractivity contribution in [1.82, 2.24) is 23.8 Å². The molecule has 4 rings (SSSR count). The second-order valence-corrected chi connectivity index (χ2v) is 6.49. The highest BCUT2D eigenvalue weighted by atomic mass is 16.1. The fraction of sp³-hybridized carbons (Fsp3) is 0.389. The zero-order valence-electron chi connectivity index (χ0n) is 13.6. The van der Waals surface area contributed by atoms with Gasteiger partial charge >= 0.3 is 0 Å². The predicted octanol–water partition coefficient (Wildman–Crippen LogP) is 1.80. The van der Waals surface area contributed by atoms with Crippen molar-refractivity contribution in [1.29, 1.82) is 0 Å². The number of likely N-dealkylation sites (tertiary alicyclic amines) is 1. The van der Waals surface area contributed by atoms with Crippen molar-refractivity contribution in [2.24, 2.45) is 5.92 Å². The first-order chi connectivity index (χ1) is 11.8. The molecule has 0 bridgehead atoms. The van der Waals surface area contributed by atoms with Crippen LogP contribution in [-0.4, -0.2) is 36.9 Å². The summed E-state index contributed by atoms with van der Waals surface area (Å²) in [4.78, 5) is 23.0. The van der Waals surface area contributed by atoms with E-state index in [0.717, 1.165) is 50.4 Å². The maximum absolute atomic E-state index is 11.8. The van der Waals surface area contributed by atoms with Crippen LogP contribution >= 0.6 is 0 Å². The fourth-order valence-corrected chi connectivity index (χ4v) is 3.41. The summed E-state index contributed by atoms with van der Waals surface area (Å²) in [5.74, 6) is 0.546. The molecule has 0 saturated carbocycles. The van der Waals surface area contributed by atoms with Gasteiger partial charge in [-0.05, 0) is 44.0 Å². The van der Waals surface area contributed by atoms with E-state index in [1.54, 1.807) is 17.1 Å². The number of nitrogens with zero attached hydrogens (tertiary/aromatic N) is 5. The van der Waals surface area contributed by atoms with E-state index in [2.05, 4.69) is 25.5 Å². The Kier molecular flexibility index (Phi) is 4.13. The second-order valence-electron chi connectivity index (χ2n) is 6.49. The van der Waals surface area contributed by atoms with E-state index in [1.165, 1.54) is 6.07 Å². The summed E-state index contributed by atoms with van der Waals surface area (Å²) in [6.07, 6.45) is 9.55. The van der Waals surface area contributed by atoms with Crippen molar-refractivity contribution in [2.45, 2.75) is 25.9 Å². The topological polar surface area (TPSA) is 55.4 Å². The van der Waals surface area contributed by atoms with Crippen molar-refractivity contribution in [3.8, 4) is 0 Å². The fourth-order valence-electron chi connectivity index (χ4n) is 3.41. The van der Waals surface area contributed by atoms with Gasteiger partial charge in [-0.1, -0.05) is 6.07 Å². The molecule has 0 unspecified atom stereocenters. The molecule has 0 N–H and O–H groups in total. The molecule has 0 atom stereocenters. The van der Waals surface area contributed by atoms with Gasteiger partial charge in [-0.15, -0.1) is 0 Å². The maximum Gasteiger partial charge on any atom is 0.253 e. The molecule has 0 aliphatic carbocycles. The van der Waals surface area contributed by atoms with Crippen LogP contribution in [0.2, 0.25) is 0 Å². The molecule has 0 radical (unpaired) electrons. The summed E-state index contributed by atoms with van der Waals surface area (Å²) in [6, 6.07) is 7.59. The Hall–Kier alpha value is -2.47. The van der Waals surface area contributed by atoms with Gasteiger partial charge in [0, 0.05) is 37.7 Å². The lowest BCUT2D eigenvalue weighted by Gasteiger charge is -2.31. The Morgan fingerprint density at radius 1 is 1.17 bits per heavy atom. The molecule has 24 heavy (non-hydrogen) atoms. The van der Waals surface area contributed by atoms with Gasteiger partial charge in [0.15, 0.2) is 0 Å². The van der Waals surface area contributed by atoms with Gasteiger partial charge in [0.25, 0.3) is 5.56 Å². The van der Waals surface area contributed by atoms with E-state index in [1.807, 2.05) is 24.4 Å². The van der Waals surface area contributed by atoms with Crippen LogP contribution in [0.1, 0.15) is 18.5 Å². The number of fused-ring (bicyclic) bond motifs is 1. The smallest absolute Gasteiger partial charge is 0.253 e. The standard InChI is InChI=1S/C18H21N5O/c24-18-4-7-19-14-23(18)11-15-5-9-21(10-6-15)12-16-13-22-8-2-1-3-17(22)20-16/h1-4,7-8,13-15H,5-6,9-12H2. The van der Waals surface area contributed by atoms with Crippen LogP contribution in [0.5, 0.6) is 0 Å². The minimum Gasteiger partial charge on any atom is -0.307 e. The molecule has 0 amide bonds. The Balaban J connectivity index is 1.34. The van der Waals surface area contributed by atoms with E-state index in [9.17, 15) is 4.79 Å². The first-order valence-electron chi connectivity index (χ1n) is 8.43. The highest BCUT2D eigenvalue weighted by Crippen LogP contribution is 2.20. The Labute approximate surface area is 140 Å². The first-order valence-corrected chi connectivity index (χ1v) is 8.43. The molecular formula is C18H21N5O. The molecule has 4 heterocycles. The van der Waals surface area contributed by atoms with Gasteiger partial charge in [-0.3, -0.25) is 14.3 Å². The molecule has 3 aromatic rings. The average Bonchev–Trinajstić information content (AvgIpc) is 3.01. The summed E-state index contributed by atoms with van der Waals surface area (Å²) >= 11 is 0. The van der Waals surface area contributed by atoms with Gasteiger partial charge in [0.2, 0.25) is 0 Å². The summed E-state index contributed by atoms with van der Waals surface area (Å²) in [5.41, 5.74) is 2.15. The van der Waals surface area contributed by atoms with Crippen LogP contribution in [0.4, 0.5) is 0 Å². The van der Waals surface area contributed by atoms with Crippen molar-refractivity contribution in [2.75, 3.05) is 13.1 Å². The molecule has 124 valence electrons. The summed E-state index contributed by atoms with van der Waals surface area (Å²) in [7, 11) is 0. The monoisotopic (exact) mass is 323 g/mol. The molecule has 6 heteroatoms. The lowest BCUT2D eigenvalue weighted by molar-refractivity contribution is 0.165. The number of piperidine rings is 1. The van der Waals surface area contributed by atoms with E-state index in [4.69, 9.17) is 0 Å². The number of imidazole rings is 1.